The molecule has 0 aliphatic heterocycles. The summed E-state index contributed by atoms with van der Waals surface area (Å²) in [5.74, 6) is 0.815. The van der Waals surface area contributed by atoms with Crippen LogP contribution in [-0.2, 0) is 6.54 Å². The first-order valence-corrected chi connectivity index (χ1v) is 7.00. The van der Waals surface area contributed by atoms with E-state index < -0.39 is 0 Å². The van der Waals surface area contributed by atoms with E-state index in [1.165, 1.54) is 0 Å². The van der Waals surface area contributed by atoms with E-state index in [2.05, 4.69) is 33.2 Å². The molecule has 0 radical (unpaired) electrons. The number of ether oxygens (including phenoxy) is 1. The standard InChI is InChI=1S/C15H14N2OS/c1-18-14-4-2-3-11-5-6-12(17-15(11)14)9-16-13-7-8-19-10-13/h2-8,10,16H,9H2,1H3. The first-order valence-electron chi connectivity index (χ1n) is 6.05. The van der Waals surface area contributed by atoms with Gasteiger partial charge in [-0.1, -0.05) is 18.2 Å². The molecule has 19 heavy (non-hydrogen) atoms. The summed E-state index contributed by atoms with van der Waals surface area (Å²) in [7, 11) is 1.67. The minimum Gasteiger partial charge on any atom is -0.494 e. The van der Waals surface area contributed by atoms with Gasteiger partial charge in [-0.3, -0.25) is 0 Å². The van der Waals surface area contributed by atoms with E-state index in [4.69, 9.17) is 4.74 Å². The Balaban J connectivity index is 1.88. The summed E-state index contributed by atoms with van der Waals surface area (Å²) in [6, 6.07) is 12.1. The van der Waals surface area contributed by atoms with Crippen LogP contribution in [-0.4, -0.2) is 12.1 Å². The highest BCUT2D eigenvalue weighted by atomic mass is 32.1. The Morgan fingerprint density at radius 1 is 1.21 bits per heavy atom. The topological polar surface area (TPSA) is 34.1 Å². The van der Waals surface area contributed by atoms with Crippen LogP contribution in [0.25, 0.3) is 10.9 Å². The molecule has 4 heteroatoms. The number of pyridine rings is 1. The molecule has 0 aliphatic carbocycles. The molecule has 0 bridgehead atoms. The molecule has 0 saturated heterocycles. The molecule has 3 nitrogen and oxygen atoms in total. The van der Waals surface area contributed by atoms with Crippen molar-refractivity contribution in [3.63, 3.8) is 0 Å². The fourth-order valence-corrected chi connectivity index (χ4v) is 2.59. The third-order valence-electron chi connectivity index (χ3n) is 2.96. The predicted molar refractivity (Wildman–Crippen MR) is 79.9 cm³/mol. The van der Waals surface area contributed by atoms with Crippen LogP contribution in [0.15, 0.2) is 47.2 Å². The Morgan fingerprint density at radius 3 is 2.95 bits per heavy atom. The molecule has 0 saturated carbocycles. The molecule has 1 aromatic carbocycles. The normalized spacial score (nSPS) is 10.6. The van der Waals surface area contributed by atoms with E-state index >= 15 is 0 Å². The SMILES string of the molecule is COc1cccc2ccc(CNc3ccsc3)nc12. The lowest BCUT2D eigenvalue weighted by Gasteiger charge is -2.07. The van der Waals surface area contributed by atoms with Gasteiger partial charge in [-0.2, -0.15) is 11.3 Å². The van der Waals surface area contributed by atoms with Crippen molar-refractivity contribution in [2.24, 2.45) is 0 Å². The summed E-state index contributed by atoms with van der Waals surface area (Å²) in [4.78, 5) is 4.66. The number of hydrogen-bond acceptors (Lipinski definition) is 4. The first kappa shape index (κ1) is 12.0. The summed E-state index contributed by atoms with van der Waals surface area (Å²) < 4.78 is 5.35. The maximum atomic E-state index is 5.35. The van der Waals surface area contributed by atoms with Crippen LogP contribution in [0, 0.1) is 0 Å². The molecule has 0 atom stereocenters. The monoisotopic (exact) mass is 270 g/mol. The van der Waals surface area contributed by atoms with Crippen molar-refractivity contribution in [3.05, 3.63) is 52.9 Å². The Labute approximate surface area is 115 Å². The quantitative estimate of drug-likeness (QED) is 0.780. The molecule has 2 heterocycles. The average molecular weight is 270 g/mol. The molecular formula is C15H14N2OS. The third-order valence-corrected chi connectivity index (χ3v) is 3.64. The van der Waals surface area contributed by atoms with Crippen molar-refractivity contribution in [2.75, 3.05) is 12.4 Å². The van der Waals surface area contributed by atoms with E-state index in [1.54, 1.807) is 18.4 Å². The van der Waals surface area contributed by atoms with Gasteiger partial charge in [0.1, 0.15) is 11.3 Å². The number of fused-ring (bicyclic) bond motifs is 1. The minimum atomic E-state index is 0.713. The Bertz CT molecular complexity index is 680. The lowest BCUT2D eigenvalue weighted by atomic mass is 10.2. The number of anilines is 1. The second kappa shape index (κ2) is 5.28. The van der Waals surface area contributed by atoms with Gasteiger partial charge in [0.25, 0.3) is 0 Å². The highest BCUT2D eigenvalue weighted by Crippen LogP contribution is 2.23. The van der Waals surface area contributed by atoms with E-state index in [0.717, 1.165) is 28.0 Å². The van der Waals surface area contributed by atoms with E-state index in [1.807, 2.05) is 24.3 Å². The lowest BCUT2D eigenvalue weighted by Crippen LogP contribution is -2.01. The second-order valence-electron chi connectivity index (χ2n) is 4.20. The fourth-order valence-electron chi connectivity index (χ4n) is 1.98. The molecule has 2 aromatic heterocycles. The van der Waals surface area contributed by atoms with Gasteiger partial charge in [-0.15, -0.1) is 0 Å². The zero-order valence-electron chi connectivity index (χ0n) is 10.6. The highest BCUT2D eigenvalue weighted by Gasteiger charge is 2.04. The van der Waals surface area contributed by atoms with Crippen molar-refractivity contribution in [1.29, 1.82) is 0 Å². The Hall–Kier alpha value is -2.07. The van der Waals surface area contributed by atoms with Gasteiger partial charge in [0, 0.05) is 16.5 Å². The number of methoxy groups -OCH3 is 1. The Kier molecular flexibility index (Phi) is 3.33. The van der Waals surface area contributed by atoms with Crippen LogP contribution >= 0.6 is 11.3 Å². The fraction of sp³-hybridized carbons (Fsp3) is 0.133. The smallest absolute Gasteiger partial charge is 0.145 e. The van der Waals surface area contributed by atoms with Crippen molar-refractivity contribution in [2.45, 2.75) is 6.54 Å². The second-order valence-corrected chi connectivity index (χ2v) is 4.98. The molecule has 0 unspecified atom stereocenters. The molecular weight excluding hydrogens is 256 g/mol. The van der Waals surface area contributed by atoms with E-state index in [-0.39, 0.29) is 0 Å². The van der Waals surface area contributed by atoms with Gasteiger partial charge in [0.05, 0.1) is 19.3 Å². The van der Waals surface area contributed by atoms with E-state index in [0.29, 0.717) is 6.54 Å². The number of rotatable bonds is 4. The number of thiophene rings is 1. The van der Waals surface area contributed by atoms with Gasteiger partial charge in [0.15, 0.2) is 0 Å². The van der Waals surface area contributed by atoms with Gasteiger partial charge < -0.3 is 10.1 Å². The van der Waals surface area contributed by atoms with Crippen LogP contribution in [0.3, 0.4) is 0 Å². The molecule has 0 amide bonds. The van der Waals surface area contributed by atoms with Crippen LogP contribution in [0.1, 0.15) is 5.69 Å². The number of nitrogens with one attached hydrogen (secondary N) is 1. The Morgan fingerprint density at radius 2 is 2.16 bits per heavy atom. The number of para-hydroxylation sites is 1. The molecule has 0 fully saturated rings. The molecule has 96 valence electrons. The van der Waals surface area contributed by atoms with Crippen molar-refractivity contribution < 1.29 is 4.74 Å². The van der Waals surface area contributed by atoms with Crippen LogP contribution in [0.2, 0.25) is 0 Å². The molecule has 0 aliphatic rings. The van der Waals surface area contributed by atoms with Crippen molar-refractivity contribution in [1.82, 2.24) is 4.98 Å². The maximum Gasteiger partial charge on any atom is 0.145 e. The van der Waals surface area contributed by atoms with Crippen LogP contribution in [0.4, 0.5) is 5.69 Å². The highest BCUT2D eigenvalue weighted by molar-refractivity contribution is 7.08. The van der Waals surface area contributed by atoms with Crippen LogP contribution < -0.4 is 10.1 Å². The van der Waals surface area contributed by atoms with E-state index in [9.17, 15) is 0 Å². The van der Waals surface area contributed by atoms with Crippen molar-refractivity contribution in [3.8, 4) is 5.75 Å². The molecule has 3 aromatic rings. The van der Waals surface area contributed by atoms with Gasteiger partial charge in [-0.05, 0) is 23.6 Å². The predicted octanol–water partition coefficient (Wildman–Crippen LogP) is 3.92. The molecule has 3 rings (SSSR count). The molecule has 0 spiro atoms. The summed E-state index contributed by atoms with van der Waals surface area (Å²) in [5, 5.41) is 8.59. The zero-order chi connectivity index (χ0) is 13.1. The summed E-state index contributed by atoms with van der Waals surface area (Å²) in [5.41, 5.74) is 3.05. The van der Waals surface area contributed by atoms with Crippen molar-refractivity contribution >= 4 is 27.9 Å². The largest absolute Gasteiger partial charge is 0.494 e. The number of benzene rings is 1. The zero-order valence-corrected chi connectivity index (χ0v) is 11.4. The lowest BCUT2D eigenvalue weighted by molar-refractivity contribution is 0.419. The number of aromatic nitrogens is 1. The number of hydrogen-bond donors (Lipinski definition) is 1. The van der Waals surface area contributed by atoms with Gasteiger partial charge in [-0.25, -0.2) is 4.98 Å². The maximum absolute atomic E-state index is 5.35. The number of nitrogens with zero attached hydrogens (tertiary/aromatic N) is 1. The average Bonchev–Trinajstić information content (AvgIpc) is 2.97. The van der Waals surface area contributed by atoms with Crippen LogP contribution in [0.5, 0.6) is 5.75 Å². The summed E-state index contributed by atoms with van der Waals surface area (Å²) >= 11 is 1.68. The third kappa shape index (κ3) is 2.53. The summed E-state index contributed by atoms with van der Waals surface area (Å²) in [6.07, 6.45) is 0. The van der Waals surface area contributed by atoms with Gasteiger partial charge >= 0.3 is 0 Å². The van der Waals surface area contributed by atoms with Gasteiger partial charge in [0.2, 0.25) is 0 Å². The summed E-state index contributed by atoms with van der Waals surface area (Å²) in [6.45, 7) is 0.713. The molecule has 1 N–H and O–H groups in total. The minimum absolute atomic E-state index is 0.713. The first-order chi connectivity index (χ1) is 9.36.